The maximum Gasteiger partial charge on any atom is 0.335 e. The average molecular weight is 342 g/mol. The number of methoxy groups -OCH3 is 4. The van der Waals surface area contributed by atoms with Gasteiger partial charge in [0.2, 0.25) is 0 Å². The van der Waals surface area contributed by atoms with Crippen LogP contribution in [0.4, 0.5) is 0 Å². The van der Waals surface area contributed by atoms with Crippen molar-refractivity contribution in [1.29, 1.82) is 0 Å². The summed E-state index contributed by atoms with van der Waals surface area (Å²) in [5.74, 6) is -1.13. The van der Waals surface area contributed by atoms with E-state index in [0.717, 1.165) is 5.56 Å². The molecule has 0 radical (unpaired) electrons. The molecule has 1 N–H and O–H groups in total. The van der Waals surface area contributed by atoms with Gasteiger partial charge in [-0.3, -0.25) is 0 Å². The van der Waals surface area contributed by atoms with Crippen LogP contribution in [0.2, 0.25) is 0 Å². The smallest absolute Gasteiger partial charge is 0.335 e. The van der Waals surface area contributed by atoms with Gasteiger partial charge in [0.15, 0.2) is 6.10 Å². The molecule has 24 heavy (non-hydrogen) atoms. The van der Waals surface area contributed by atoms with Gasteiger partial charge in [-0.15, -0.1) is 0 Å². The highest BCUT2D eigenvalue weighted by atomic mass is 16.6. The molecule has 0 unspecified atom stereocenters. The van der Waals surface area contributed by atoms with Gasteiger partial charge in [-0.25, -0.2) is 4.79 Å². The van der Waals surface area contributed by atoms with Crippen molar-refractivity contribution in [3.8, 4) is 0 Å². The average Bonchev–Trinajstić information content (AvgIpc) is 2.60. The molecule has 0 aromatic heterocycles. The Morgan fingerprint density at radius 2 is 1.58 bits per heavy atom. The van der Waals surface area contributed by atoms with Gasteiger partial charge < -0.3 is 28.8 Å². The first-order chi connectivity index (χ1) is 11.6. The van der Waals surface area contributed by atoms with Crippen LogP contribution < -0.4 is 0 Å². The third-order valence-electron chi connectivity index (χ3n) is 3.73. The number of ether oxygens (including phenoxy) is 5. The van der Waals surface area contributed by atoms with E-state index in [1.165, 1.54) is 28.4 Å². The van der Waals surface area contributed by atoms with Crippen LogP contribution >= 0.6 is 0 Å². The quantitative estimate of drug-likeness (QED) is 0.614. The Morgan fingerprint density at radius 3 is 2.04 bits per heavy atom. The maximum absolute atomic E-state index is 11.3. The molecule has 0 aliphatic heterocycles. The summed E-state index contributed by atoms with van der Waals surface area (Å²) < 4.78 is 26.8. The SMILES string of the molecule is CO[C@@H]([C@H](OC)[C@@H](OC)C(=O)O)[C@@H](COCc1ccccc1)OC. The van der Waals surface area contributed by atoms with Gasteiger partial charge >= 0.3 is 5.97 Å². The largest absolute Gasteiger partial charge is 0.479 e. The number of carboxylic acids is 1. The fraction of sp³-hybridized carbons (Fsp3) is 0.588. The van der Waals surface area contributed by atoms with E-state index in [2.05, 4.69) is 0 Å². The van der Waals surface area contributed by atoms with E-state index < -0.39 is 30.4 Å². The highest BCUT2D eigenvalue weighted by Crippen LogP contribution is 2.17. The molecule has 0 bridgehead atoms. The van der Waals surface area contributed by atoms with Gasteiger partial charge in [-0.2, -0.15) is 0 Å². The van der Waals surface area contributed by atoms with E-state index in [0.29, 0.717) is 6.61 Å². The maximum atomic E-state index is 11.3. The van der Waals surface area contributed by atoms with Crippen LogP contribution in [0.1, 0.15) is 5.56 Å². The van der Waals surface area contributed by atoms with E-state index in [4.69, 9.17) is 23.7 Å². The van der Waals surface area contributed by atoms with Crippen molar-refractivity contribution >= 4 is 5.97 Å². The third kappa shape index (κ3) is 5.85. The molecule has 4 atom stereocenters. The minimum absolute atomic E-state index is 0.222. The van der Waals surface area contributed by atoms with Crippen LogP contribution in [0, 0.1) is 0 Å². The van der Waals surface area contributed by atoms with Crippen molar-refractivity contribution < 1.29 is 33.6 Å². The Labute approximate surface area is 142 Å². The Kier molecular flexibility index (Phi) is 9.51. The highest BCUT2D eigenvalue weighted by Gasteiger charge is 2.39. The van der Waals surface area contributed by atoms with Crippen molar-refractivity contribution in [3.05, 3.63) is 35.9 Å². The van der Waals surface area contributed by atoms with E-state index in [-0.39, 0.29) is 6.61 Å². The molecule has 0 aliphatic carbocycles. The normalized spacial score (nSPS) is 16.3. The van der Waals surface area contributed by atoms with Gasteiger partial charge in [0, 0.05) is 28.4 Å². The first kappa shape index (κ1) is 20.5. The summed E-state index contributed by atoms with van der Waals surface area (Å²) in [4.78, 5) is 11.3. The lowest BCUT2D eigenvalue weighted by molar-refractivity contribution is -0.181. The van der Waals surface area contributed by atoms with E-state index in [1.807, 2.05) is 30.3 Å². The van der Waals surface area contributed by atoms with Crippen molar-refractivity contribution in [1.82, 2.24) is 0 Å². The third-order valence-corrected chi connectivity index (χ3v) is 3.73. The lowest BCUT2D eigenvalue weighted by Crippen LogP contribution is -2.52. The minimum atomic E-state index is -1.17. The predicted octanol–water partition coefficient (Wildman–Crippen LogP) is 1.35. The van der Waals surface area contributed by atoms with Crippen molar-refractivity contribution in [2.24, 2.45) is 0 Å². The number of hydrogen-bond donors (Lipinski definition) is 1. The molecule has 0 heterocycles. The monoisotopic (exact) mass is 342 g/mol. The predicted molar refractivity (Wildman–Crippen MR) is 86.9 cm³/mol. The number of carbonyl (C=O) groups is 1. The molecule has 7 nitrogen and oxygen atoms in total. The lowest BCUT2D eigenvalue weighted by atomic mass is 10.0. The number of carboxylic acid groups (broad SMARTS) is 1. The molecular formula is C17H26O7. The van der Waals surface area contributed by atoms with Crippen molar-refractivity contribution in [2.75, 3.05) is 35.0 Å². The van der Waals surface area contributed by atoms with Crippen LogP contribution in [0.25, 0.3) is 0 Å². The van der Waals surface area contributed by atoms with Crippen LogP contribution in [0.5, 0.6) is 0 Å². The molecule has 0 amide bonds. The Balaban J connectivity index is 2.71. The zero-order chi connectivity index (χ0) is 17.9. The molecule has 0 fully saturated rings. The Bertz CT molecular complexity index is 465. The molecule has 0 aliphatic rings. The van der Waals surface area contributed by atoms with Crippen molar-refractivity contribution in [2.45, 2.75) is 31.0 Å². The second-order valence-electron chi connectivity index (χ2n) is 5.17. The topological polar surface area (TPSA) is 83.5 Å². The summed E-state index contributed by atoms with van der Waals surface area (Å²) >= 11 is 0. The van der Waals surface area contributed by atoms with Gasteiger partial charge in [0.1, 0.15) is 18.3 Å². The molecule has 136 valence electrons. The van der Waals surface area contributed by atoms with Crippen LogP contribution in [-0.4, -0.2) is 70.5 Å². The Hall–Kier alpha value is -1.51. The summed E-state index contributed by atoms with van der Waals surface area (Å²) in [6.45, 7) is 0.640. The fourth-order valence-electron chi connectivity index (χ4n) is 2.47. The van der Waals surface area contributed by atoms with Gasteiger partial charge in [0.05, 0.1) is 13.2 Å². The number of hydrogen-bond acceptors (Lipinski definition) is 6. The summed E-state index contributed by atoms with van der Waals surface area (Å²) in [5, 5.41) is 9.27. The summed E-state index contributed by atoms with van der Waals surface area (Å²) in [7, 11) is 5.70. The molecule has 7 heteroatoms. The van der Waals surface area contributed by atoms with Crippen LogP contribution in [0.15, 0.2) is 30.3 Å². The number of aliphatic carboxylic acids is 1. The highest BCUT2D eigenvalue weighted by molar-refractivity contribution is 5.73. The van der Waals surface area contributed by atoms with Crippen molar-refractivity contribution in [3.63, 3.8) is 0 Å². The zero-order valence-electron chi connectivity index (χ0n) is 14.5. The number of benzene rings is 1. The van der Waals surface area contributed by atoms with Gasteiger partial charge in [-0.05, 0) is 5.56 Å². The molecule has 0 saturated carbocycles. The molecule has 1 aromatic rings. The van der Waals surface area contributed by atoms with Crippen LogP contribution in [0.3, 0.4) is 0 Å². The molecule has 1 aromatic carbocycles. The second-order valence-corrected chi connectivity index (χ2v) is 5.17. The van der Waals surface area contributed by atoms with Gasteiger partial charge in [-0.1, -0.05) is 30.3 Å². The minimum Gasteiger partial charge on any atom is -0.479 e. The first-order valence-electron chi connectivity index (χ1n) is 7.54. The standard InChI is InChI=1S/C17H26O7/c1-20-13(11-24-10-12-8-6-5-7-9-12)14(21-2)15(22-3)16(23-4)17(18)19/h5-9,13-16H,10-11H2,1-4H3,(H,18,19)/t13-,14-,15+,16-/m1/s1. The lowest BCUT2D eigenvalue weighted by Gasteiger charge is -2.33. The van der Waals surface area contributed by atoms with E-state index in [9.17, 15) is 9.90 Å². The number of rotatable bonds is 12. The molecule has 1 rings (SSSR count). The molecule has 0 saturated heterocycles. The molecular weight excluding hydrogens is 316 g/mol. The zero-order valence-corrected chi connectivity index (χ0v) is 14.5. The molecule has 0 spiro atoms. The fourth-order valence-corrected chi connectivity index (χ4v) is 2.47. The van der Waals surface area contributed by atoms with Gasteiger partial charge in [0.25, 0.3) is 0 Å². The first-order valence-corrected chi connectivity index (χ1v) is 7.54. The summed E-state index contributed by atoms with van der Waals surface area (Å²) in [6, 6.07) is 9.71. The van der Waals surface area contributed by atoms with E-state index >= 15 is 0 Å². The van der Waals surface area contributed by atoms with E-state index in [1.54, 1.807) is 0 Å². The second kappa shape index (κ2) is 11.1. The summed E-state index contributed by atoms with van der Waals surface area (Å²) in [6.07, 6.45) is -3.20. The Morgan fingerprint density at radius 1 is 0.958 bits per heavy atom. The summed E-state index contributed by atoms with van der Waals surface area (Å²) in [5.41, 5.74) is 1.03. The van der Waals surface area contributed by atoms with Crippen LogP contribution in [-0.2, 0) is 35.1 Å².